The maximum absolute atomic E-state index is 8.25. The van der Waals surface area contributed by atoms with E-state index in [2.05, 4.69) is 13.8 Å². The van der Waals surface area contributed by atoms with Crippen LogP contribution in [0.4, 0.5) is 0 Å². The van der Waals surface area contributed by atoms with Gasteiger partial charge in [-0.05, 0) is 5.92 Å². The van der Waals surface area contributed by atoms with Gasteiger partial charge in [0.2, 0.25) is 0 Å². The third-order valence-electron chi connectivity index (χ3n) is 1.59. The van der Waals surface area contributed by atoms with E-state index in [9.17, 15) is 0 Å². The van der Waals surface area contributed by atoms with E-state index in [1.807, 2.05) is 0 Å². The van der Waals surface area contributed by atoms with Crippen LogP contribution >= 0.6 is 0 Å². The summed E-state index contributed by atoms with van der Waals surface area (Å²) in [7, 11) is 2.64. The number of hydrogen-bond acceptors (Lipinski definition) is 4. The summed E-state index contributed by atoms with van der Waals surface area (Å²) in [4.78, 5) is 0. The predicted octanol–water partition coefficient (Wildman–Crippen LogP) is 1.40. The van der Waals surface area contributed by atoms with Crippen molar-refractivity contribution in [3.8, 4) is 0 Å². The van der Waals surface area contributed by atoms with Crippen LogP contribution in [0.15, 0.2) is 0 Å². The van der Waals surface area contributed by atoms with E-state index in [4.69, 9.17) is 16.6 Å². The van der Waals surface area contributed by atoms with E-state index in [-0.39, 0.29) is 0 Å². The van der Waals surface area contributed by atoms with E-state index in [0.29, 0.717) is 5.92 Å². The van der Waals surface area contributed by atoms with E-state index in [1.165, 1.54) is 0 Å². The first-order valence-electron chi connectivity index (χ1n) is 3.96. The van der Waals surface area contributed by atoms with Gasteiger partial charge in [-0.2, -0.15) is 0 Å². The van der Waals surface area contributed by atoms with Crippen LogP contribution in [-0.4, -0.2) is 30.1 Å². The molecule has 0 unspecified atom stereocenters. The number of hydrogen-bond donors (Lipinski definition) is 0. The Morgan fingerprint density at radius 3 is 1.46 bits per heavy atom. The quantitative estimate of drug-likeness (QED) is 0.683. The first kappa shape index (κ1) is 16.1. The van der Waals surface area contributed by atoms with E-state index < -0.39 is 8.80 Å². The molecule has 78 valence electrons. The fourth-order valence-corrected chi connectivity index (χ4v) is 3.00. The summed E-state index contributed by atoms with van der Waals surface area (Å²) in [5.74, 6) is 0.543. The molecular weight excluding hydrogens is 224 g/mol. The van der Waals surface area contributed by atoms with Crippen LogP contribution in [-0.2, 0) is 37.0 Å². The Hall–Kier alpha value is 0.611. The van der Waals surface area contributed by atoms with Crippen LogP contribution in [0.3, 0.4) is 0 Å². The summed E-state index contributed by atoms with van der Waals surface area (Å²) < 4.78 is 24.0. The van der Waals surface area contributed by atoms with Crippen LogP contribution in [0.5, 0.6) is 0 Å². The Kier molecular flexibility index (Phi) is 11.3. The molecule has 0 aliphatic carbocycles. The fraction of sp³-hybridized carbons (Fsp3) is 1.00. The minimum absolute atomic E-state index is 0.543. The normalized spacial score (nSPS) is 10.8. The van der Waals surface area contributed by atoms with Crippen molar-refractivity contribution in [2.24, 2.45) is 5.92 Å². The van der Waals surface area contributed by atoms with Crippen LogP contribution in [0.25, 0.3) is 0 Å². The molecule has 0 rings (SSSR count). The van der Waals surface area contributed by atoms with Crippen molar-refractivity contribution >= 4 is 8.80 Å². The van der Waals surface area contributed by atoms with Gasteiger partial charge in [-0.25, -0.2) is 0 Å². The molecule has 0 atom stereocenters. The minimum atomic E-state index is -2.28. The van der Waals surface area contributed by atoms with Crippen molar-refractivity contribution in [3.05, 3.63) is 0 Å². The van der Waals surface area contributed by atoms with Gasteiger partial charge < -0.3 is 13.3 Å². The van der Waals surface area contributed by atoms with Crippen LogP contribution in [0.2, 0.25) is 6.04 Å². The third kappa shape index (κ3) is 6.65. The summed E-state index contributed by atoms with van der Waals surface area (Å²) in [6.45, 7) is 4.25. The molecule has 0 spiro atoms. The van der Waals surface area contributed by atoms with Gasteiger partial charge in [-0.15, -0.1) is 0 Å². The zero-order valence-corrected chi connectivity index (χ0v) is 11.5. The molecule has 0 bridgehead atoms. The van der Waals surface area contributed by atoms with Crippen LogP contribution in [0, 0.1) is 5.92 Å². The molecular formula is C7H18O4SiTi. The van der Waals surface area contributed by atoms with Crippen LogP contribution in [0.1, 0.15) is 13.8 Å². The molecule has 0 saturated carbocycles. The zero-order chi connectivity index (χ0) is 10.9. The Morgan fingerprint density at radius 1 is 1.08 bits per heavy atom. The molecule has 6 heteroatoms. The Labute approximate surface area is 93.0 Å². The SMILES string of the molecule is CO[Si](CC(C)C)(OC)OC.[O]=[Ti]. The van der Waals surface area contributed by atoms with E-state index in [0.717, 1.165) is 26.4 Å². The van der Waals surface area contributed by atoms with Gasteiger partial charge in [0.25, 0.3) is 0 Å². The van der Waals surface area contributed by atoms with Crippen molar-refractivity contribution in [1.29, 1.82) is 0 Å². The van der Waals surface area contributed by atoms with Gasteiger partial charge in [0.1, 0.15) is 0 Å². The zero-order valence-electron chi connectivity index (χ0n) is 8.92. The van der Waals surface area contributed by atoms with E-state index >= 15 is 0 Å². The van der Waals surface area contributed by atoms with Crippen molar-refractivity contribution in [3.63, 3.8) is 0 Å². The molecule has 0 aromatic carbocycles. The summed E-state index contributed by atoms with van der Waals surface area (Å²) in [6, 6.07) is 0.872. The maximum atomic E-state index is 8.25. The van der Waals surface area contributed by atoms with Gasteiger partial charge in [0, 0.05) is 27.4 Å². The van der Waals surface area contributed by atoms with E-state index in [1.54, 1.807) is 21.3 Å². The molecule has 13 heavy (non-hydrogen) atoms. The molecule has 0 aliphatic heterocycles. The van der Waals surface area contributed by atoms with Gasteiger partial charge in [-0.3, -0.25) is 0 Å². The molecule has 0 aliphatic rings. The molecule has 0 amide bonds. The van der Waals surface area contributed by atoms with Gasteiger partial charge in [-0.1, -0.05) is 13.8 Å². The Balaban J connectivity index is 0. The molecule has 0 radical (unpaired) electrons. The second kappa shape index (κ2) is 9.18. The van der Waals surface area contributed by atoms with Crippen LogP contribution < -0.4 is 0 Å². The molecule has 0 fully saturated rings. The topological polar surface area (TPSA) is 44.8 Å². The van der Waals surface area contributed by atoms with Crippen molar-refractivity contribution < 1.29 is 37.0 Å². The summed E-state index contributed by atoms with van der Waals surface area (Å²) >= 11 is 0.750. The second-order valence-corrected chi connectivity index (χ2v) is 5.89. The average molecular weight is 242 g/mol. The van der Waals surface area contributed by atoms with Gasteiger partial charge >= 0.3 is 32.5 Å². The Bertz CT molecular complexity index is 111. The molecule has 0 N–H and O–H groups in total. The van der Waals surface area contributed by atoms with Crippen molar-refractivity contribution in [2.45, 2.75) is 19.9 Å². The number of rotatable bonds is 5. The molecule has 0 aromatic heterocycles. The summed E-state index contributed by atoms with van der Waals surface area (Å²) in [6.07, 6.45) is 0. The van der Waals surface area contributed by atoms with Gasteiger partial charge in [0.05, 0.1) is 0 Å². The first-order chi connectivity index (χ1) is 6.10. The molecule has 4 nitrogen and oxygen atoms in total. The standard InChI is InChI=1S/C7H18O3Si.O.Ti/c1-7(2)6-11(8-3,9-4)10-5;;/h7H,6H2,1-5H3;;. The Morgan fingerprint density at radius 2 is 1.38 bits per heavy atom. The molecule has 0 aromatic rings. The first-order valence-corrected chi connectivity index (χ1v) is 6.53. The van der Waals surface area contributed by atoms with Crippen molar-refractivity contribution in [1.82, 2.24) is 0 Å². The summed E-state index contributed by atoms with van der Waals surface area (Å²) in [5, 5.41) is 0. The average Bonchev–Trinajstić information content (AvgIpc) is 2.17. The fourth-order valence-electron chi connectivity index (χ4n) is 1.00. The molecule has 0 heterocycles. The molecule has 0 saturated heterocycles. The van der Waals surface area contributed by atoms with Crippen molar-refractivity contribution in [2.75, 3.05) is 21.3 Å². The third-order valence-corrected chi connectivity index (χ3v) is 4.77. The van der Waals surface area contributed by atoms with Gasteiger partial charge in [0.15, 0.2) is 0 Å². The monoisotopic (exact) mass is 242 g/mol. The predicted molar refractivity (Wildman–Crippen MR) is 47.1 cm³/mol. The summed E-state index contributed by atoms with van der Waals surface area (Å²) in [5.41, 5.74) is 0. The second-order valence-electron chi connectivity index (χ2n) is 2.89.